The van der Waals surface area contributed by atoms with E-state index < -0.39 is 11.7 Å². The summed E-state index contributed by atoms with van der Waals surface area (Å²) in [6, 6.07) is 4.34. The van der Waals surface area contributed by atoms with Gasteiger partial charge in [-0.3, -0.25) is 9.80 Å². The van der Waals surface area contributed by atoms with Gasteiger partial charge in [0.15, 0.2) is 0 Å². The molecule has 1 atom stereocenters. The Morgan fingerprint density at radius 1 is 1.13 bits per heavy atom. The minimum absolute atomic E-state index is 0.146. The van der Waals surface area contributed by atoms with Gasteiger partial charge >= 0.3 is 6.18 Å². The van der Waals surface area contributed by atoms with Crippen molar-refractivity contribution in [3.05, 3.63) is 34.3 Å². The van der Waals surface area contributed by atoms with Crippen molar-refractivity contribution in [3.8, 4) is 0 Å². The van der Waals surface area contributed by atoms with Crippen molar-refractivity contribution >= 4 is 11.6 Å². The van der Waals surface area contributed by atoms with Gasteiger partial charge in [-0.1, -0.05) is 11.6 Å². The number of likely N-dealkylation sites (tertiary alicyclic amines) is 1. The van der Waals surface area contributed by atoms with Gasteiger partial charge in [0, 0.05) is 56.9 Å². The first-order valence-corrected chi connectivity index (χ1v) is 8.33. The maximum Gasteiger partial charge on any atom is 0.416 e. The van der Waals surface area contributed by atoms with Crippen molar-refractivity contribution in [2.24, 2.45) is 0 Å². The van der Waals surface area contributed by atoms with Gasteiger partial charge in [0.1, 0.15) is 0 Å². The normalized spacial score (nSPS) is 24.3. The second-order valence-corrected chi connectivity index (χ2v) is 6.75. The van der Waals surface area contributed by atoms with Crippen LogP contribution >= 0.6 is 11.6 Å². The molecule has 0 bridgehead atoms. The molecule has 0 aliphatic carbocycles. The van der Waals surface area contributed by atoms with Crippen molar-refractivity contribution in [2.45, 2.75) is 25.2 Å². The van der Waals surface area contributed by atoms with Crippen molar-refractivity contribution in [1.82, 2.24) is 15.1 Å². The minimum atomic E-state index is -4.35. The van der Waals surface area contributed by atoms with E-state index in [1.807, 2.05) is 0 Å². The number of nitrogens with zero attached hydrogens (tertiary/aromatic N) is 2. The molecule has 1 unspecified atom stereocenters. The summed E-state index contributed by atoms with van der Waals surface area (Å²) < 4.78 is 38.6. The highest BCUT2D eigenvalue weighted by Crippen LogP contribution is 2.32. The largest absolute Gasteiger partial charge is 0.416 e. The van der Waals surface area contributed by atoms with Crippen LogP contribution in [0.15, 0.2) is 18.2 Å². The van der Waals surface area contributed by atoms with Crippen molar-refractivity contribution in [1.29, 1.82) is 0 Å². The monoisotopic (exact) mass is 347 g/mol. The number of rotatable bonds is 3. The van der Waals surface area contributed by atoms with Gasteiger partial charge in [0.25, 0.3) is 0 Å². The highest BCUT2D eigenvalue weighted by molar-refractivity contribution is 6.30. The van der Waals surface area contributed by atoms with Crippen molar-refractivity contribution in [2.75, 3.05) is 39.3 Å². The van der Waals surface area contributed by atoms with Gasteiger partial charge in [0.05, 0.1) is 5.56 Å². The first-order valence-electron chi connectivity index (χ1n) is 7.95. The van der Waals surface area contributed by atoms with Gasteiger partial charge < -0.3 is 5.32 Å². The molecular weight excluding hydrogens is 327 g/mol. The zero-order valence-corrected chi connectivity index (χ0v) is 13.6. The number of hydrogen-bond acceptors (Lipinski definition) is 3. The maximum absolute atomic E-state index is 12.9. The predicted molar refractivity (Wildman–Crippen MR) is 84.6 cm³/mol. The second kappa shape index (κ2) is 6.97. The van der Waals surface area contributed by atoms with Crippen LogP contribution in [0.2, 0.25) is 5.02 Å². The van der Waals surface area contributed by atoms with Crippen LogP contribution in [0.3, 0.4) is 0 Å². The zero-order chi connectivity index (χ0) is 16.4. The topological polar surface area (TPSA) is 18.5 Å². The third kappa shape index (κ3) is 4.38. The Bertz CT molecular complexity index is 544. The van der Waals surface area contributed by atoms with Crippen LogP contribution in [0, 0.1) is 0 Å². The lowest BCUT2D eigenvalue weighted by atomic mass is 10.1. The molecule has 0 aromatic heterocycles. The fourth-order valence-electron chi connectivity index (χ4n) is 3.46. The van der Waals surface area contributed by atoms with E-state index in [-0.39, 0.29) is 5.02 Å². The molecule has 2 fully saturated rings. The minimum Gasteiger partial charge on any atom is -0.314 e. The fraction of sp³-hybridized carbons (Fsp3) is 0.625. The molecule has 2 aliphatic heterocycles. The summed E-state index contributed by atoms with van der Waals surface area (Å²) in [6.07, 6.45) is -3.28. The zero-order valence-electron chi connectivity index (χ0n) is 12.9. The molecule has 0 amide bonds. The fourth-order valence-corrected chi connectivity index (χ4v) is 3.72. The maximum atomic E-state index is 12.9. The summed E-state index contributed by atoms with van der Waals surface area (Å²) in [5.41, 5.74) is -0.0383. The van der Waals surface area contributed by atoms with E-state index in [2.05, 4.69) is 15.1 Å². The molecule has 3 rings (SSSR count). The number of piperazine rings is 1. The van der Waals surface area contributed by atoms with E-state index in [9.17, 15) is 13.2 Å². The Morgan fingerprint density at radius 3 is 2.57 bits per heavy atom. The molecule has 1 aromatic carbocycles. The summed E-state index contributed by atoms with van der Waals surface area (Å²) >= 11 is 5.86. The third-order valence-corrected chi connectivity index (χ3v) is 4.82. The van der Waals surface area contributed by atoms with Crippen LogP contribution in [0.1, 0.15) is 17.5 Å². The van der Waals surface area contributed by atoms with E-state index in [4.69, 9.17) is 11.6 Å². The lowest BCUT2D eigenvalue weighted by Gasteiger charge is -2.32. The van der Waals surface area contributed by atoms with Gasteiger partial charge in [-0.2, -0.15) is 13.2 Å². The molecule has 1 N–H and O–H groups in total. The van der Waals surface area contributed by atoms with E-state index in [1.54, 1.807) is 6.07 Å². The predicted octanol–water partition coefficient (Wildman–Crippen LogP) is 2.84. The van der Waals surface area contributed by atoms with Crippen LogP contribution in [0.4, 0.5) is 13.2 Å². The van der Waals surface area contributed by atoms with Gasteiger partial charge in [-0.15, -0.1) is 0 Å². The number of halogens is 4. The van der Waals surface area contributed by atoms with Gasteiger partial charge in [-0.05, 0) is 30.2 Å². The molecule has 7 heteroatoms. The standard InChI is InChI=1S/C16H21ClF3N3/c17-14-8-12(7-13(9-14)16(18,19)20)10-22-4-1-15(11-22)23-5-2-21-3-6-23/h7-9,15,21H,1-6,10-11H2. The average Bonchev–Trinajstić information content (AvgIpc) is 2.95. The average molecular weight is 348 g/mol. The van der Waals surface area contributed by atoms with Crippen LogP contribution in [-0.4, -0.2) is 55.1 Å². The van der Waals surface area contributed by atoms with Crippen LogP contribution < -0.4 is 5.32 Å². The lowest BCUT2D eigenvalue weighted by Crippen LogP contribution is -2.49. The molecule has 1 aromatic rings. The summed E-state index contributed by atoms with van der Waals surface area (Å²) in [7, 11) is 0. The Morgan fingerprint density at radius 2 is 1.87 bits per heavy atom. The van der Waals surface area contributed by atoms with E-state index >= 15 is 0 Å². The SMILES string of the molecule is FC(F)(F)c1cc(Cl)cc(CN2CCC(N3CCNCC3)C2)c1. The molecule has 2 aliphatic rings. The Labute approximate surface area is 139 Å². The second-order valence-electron chi connectivity index (χ2n) is 6.31. The van der Waals surface area contributed by atoms with Crippen LogP contribution in [-0.2, 0) is 12.7 Å². The number of nitrogens with one attached hydrogen (secondary N) is 1. The summed E-state index contributed by atoms with van der Waals surface area (Å²) in [6.45, 7) is 6.48. The molecule has 0 spiro atoms. The molecule has 0 radical (unpaired) electrons. The van der Waals surface area contributed by atoms with E-state index in [1.165, 1.54) is 6.07 Å². The summed E-state index contributed by atoms with van der Waals surface area (Å²) in [5, 5.41) is 3.49. The molecule has 2 heterocycles. The first-order chi connectivity index (χ1) is 10.9. The smallest absolute Gasteiger partial charge is 0.314 e. The van der Waals surface area contributed by atoms with Gasteiger partial charge in [0.2, 0.25) is 0 Å². The molecule has 23 heavy (non-hydrogen) atoms. The van der Waals surface area contributed by atoms with Crippen molar-refractivity contribution < 1.29 is 13.2 Å². The van der Waals surface area contributed by atoms with Crippen molar-refractivity contribution in [3.63, 3.8) is 0 Å². The highest BCUT2D eigenvalue weighted by Gasteiger charge is 2.32. The summed E-state index contributed by atoms with van der Waals surface area (Å²) in [4.78, 5) is 4.70. The number of benzene rings is 1. The molecule has 128 valence electrons. The number of alkyl halides is 3. The van der Waals surface area contributed by atoms with Crippen LogP contribution in [0.25, 0.3) is 0 Å². The Kier molecular flexibility index (Phi) is 5.16. The highest BCUT2D eigenvalue weighted by atomic mass is 35.5. The molecule has 0 saturated carbocycles. The van der Waals surface area contributed by atoms with Gasteiger partial charge in [-0.25, -0.2) is 0 Å². The Balaban J connectivity index is 1.63. The quantitative estimate of drug-likeness (QED) is 0.907. The van der Waals surface area contributed by atoms with Crippen LogP contribution in [0.5, 0.6) is 0 Å². The molecule has 3 nitrogen and oxygen atoms in total. The van der Waals surface area contributed by atoms with E-state index in [0.29, 0.717) is 18.2 Å². The first kappa shape index (κ1) is 17.0. The molecule has 2 saturated heterocycles. The number of hydrogen-bond donors (Lipinski definition) is 1. The third-order valence-electron chi connectivity index (χ3n) is 4.61. The molecular formula is C16H21ClF3N3. The Hall–Kier alpha value is -0.820. The van der Waals surface area contributed by atoms with E-state index in [0.717, 1.165) is 51.8 Å². The lowest BCUT2D eigenvalue weighted by molar-refractivity contribution is -0.137. The summed E-state index contributed by atoms with van der Waals surface area (Å²) in [5.74, 6) is 0.